The van der Waals surface area contributed by atoms with Gasteiger partial charge in [-0.1, -0.05) is 60.7 Å². The fourth-order valence-corrected chi connectivity index (χ4v) is 1.72. The minimum absolute atomic E-state index is 0.0237. The highest BCUT2D eigenvalue weighted by Gasteiger charge is 1.99. The Morgan fingerprint density at radius 2 is 1.20 bits per heavy atom. The van der Waals surface area contributed by atoms with E-state index in [-0.39, 0.29) is 5.91 Å². The Balaban J connectivity index is 2.10. The standard InChI is InChI=1S/C18H17NO/c1-16(20)19(14-12-17-8-4-2-5-9-17)15-13-18-10-6-3-7-11-18/h2-15H,1H3/b14-12+,15-13+. The lowest BCUT2D eigenvalue weighted by Crippen LogP contribution is -2.15. The van der Waals surface area contributed by atoms with Gasteiger partial charge in [-0.25, -0.2) is 0 Å². The molecule has 2 rings (SSSR count). The minimum atomic E-state index is -0.0237. The molecule has 0 aliphatic rings. The summed E-state index contributed by atoms with van der Waals surface area (Å²) >= 11 is 0. The maximum Gasteiger partial charge on any atom is 0.227 e. The average Bonchev–Trinajstić information content (AvgIpc) is 2.49. The molecule has 0 fully saturated rings. The van der Waals surface area contributed by atoms with Crippen LogP contribution in [0.5, 0.6) is 0 Å². The first-order chi connectivity index (χ1) is 9.75. The highest BCUT2D eigenvalue weighted by Crippen LogP contribution is 2.06. The number of hydrogen-bond acceptors (Lipinski definition) is 1. The second kappa shape index (κ2) is 7.10. The van der Waals surface area contributed by atoms with Gasteiger partial charge in [0, 0.05) is 19.3 Å². The second-order valence-electron chi connectivity index (χ2n) is 4.38. The van der Waals surface area contributed by atoms with Gasteiger partial charge in [0.25, 0.3) is 0 Å². The molecule has 20 heavy (non-hydrogen) atoms. The van der Waals surface area contributed by atoms with Crippen LogP contribution in [-0.4, -0.2) is 10.8 Å². The normalized spacial score (nSPS) is 11.1. The molecular weight excluding hydrogens is 246 g/mol. The van der Waals surface area contributed by atoms with Gasteiger partial charge in [0.2, 0.25) is 5.91 Å². The molecular formula is C18H17NO. The van der Waals surface area contributed by atoms with Crippen molar-refractivity contribution in [3.05, 3.63) is 84.2 Å². The summed E-state index contributed by atoms with van der Waals surface area (Å²) in [7, 11) is 0. The van der Waals surface area contributed by atoms with Gasteiger partial charge in [0.1, 0.15) is 0 Å². The molecule has 0 aliphatic heterocycles. The van der Waals surface area contributed by atoms with E-state index in [4.69, 9.17) is 0 Å². The quantitative estimate of drug-likeness (QED) is 0.810. The van der Waals surface area contributed by atoms with Crippen LogP contribution < -0.4 is 0 Å². The van der Waals surface area contributed by atoms with Crippen LogP contribution in [0.25, 0.3) is 12.2 Å². The van der Waals surface area contributed by atoms with Crippen LogP contribution in [0.2, 0.25) is 0 Å². The molecule has 2 aromatic rings. The Morgan fingerprint density at radius 1 is 0.800 bits per heavy atom. The maximum absolute atomic E-state index is 11.6. The third-order valence-corrected chi connectivity index (χ3v) is 2.82. The zero-order valence-electron chi connectivity index (χ0n) is 11.4. The summed E-state index contributed by atoms with van der Waals surface area (Å²) < 4.78 is 0. The van der Waals surface area contributed by atoms with Gasteiger partial charge in [0.15, 0.2) is 0 Å². The van der Waals surface area contributed by atoms with E-state index in [1.165, 1.54) is 0 Å². The van der Waals surface area contributed by atoms with Gasteiger partial charge in [0.05, 0.1) is 0 Å². The Labute approximate surface area is 119 Å². The fraction of sp³-hybridized carbons (Fsp3) is 0.0556. The number of carbonyl (C=O) groups excluding carboxylic acids is 1. The molecule has 0 N–H and O–H groups in total. The Morgan fingerprint density at radius 3 is 1.55 bits per heavy atom. The monoisotopic (exact) mass is 263 g/mol. The molecule has 0 saturated carbocycles. The minimum Gasteiger partial charge on any atom is -0.295 e. The lowest BCUT2D eigenvalue weighted by Gasteiger charge is -2.10. The molecule has 2 aromatic carbocycles. The summed E-state index contributed by atoms with van der Waals surface area (Å²) in [6, 6.07) is 19.8. The van der Waals surface area contributed by atoms with E-state index in [2.05, 4.69) is 0 Å². The summed E-state index contributed by atoms with van der Waals surface area (Å²) in [5, 5.41) is 0. The molecule has 0 spiro atoms. The third kappa shape index (κ3) is 4.25. The van der Waals surface area contributed by atoms with Crippen LogP contribution in [0, 0.1) is 0 Å². The van der Waals surface area contributed by atoms with Crippen molar-refractivity contribution in [2.75, 3.05) is 0 Å². The Hall–Kier alpha value is -2.61. The predicted molar refractivity (Wildman–Crippen MR) is 83.5 cm³/mol. The van der Waals surface area contributed by atoms with E-state index in [0.29, 0.717) is 0 Å². The zero-order valence-corrected chi connectivity index (χ0v) is 11.4. The molecule has 0 aromatic heterocycles. The molecule has 0 atom stereocenters. The summed E-state index contributed by atoms with van der Waals surface area (Å²) in [5.41, 5.74) is 2.12. The molecule has 0 heterocycles. The van der Waals surface area contributed by atoms with Crippen molar-refractivity contribution >= 4 is 18.1 Å². The first-order valence-electron chi connectivity index (χ1n) is 6.51. The van der Waals surface area contributed by atoms with Crippen molar-refractivity contribution in [2.24, 2.45) is 0 Å². The molecule has 0 aliphatic carbocycles. The van der Waals surface area contributed by atoms with Gasteiger partial charge in [-0.05, 0) is 23.3 Å². The third-order valence-electron chi connectivity index (χ3n) is 2.82. The number of nitrogens with zero attached hydrogens (tertiary/aromatic N) is 1. The fourth-order valence-electron chi connectivity index (χ4n) is 1.72. The number of amides is 1. The van der Waals surface area contributed by atoms with Gasteiger partial charge in [-0.2, -0.15) is 0 Å². The highest BCUT2D eigenvalue weighted by atomic mass is 16.2. The zero-order chi connectivity index (χ0) is 14.2. The van der Waals surface area contributed by atoms with Crippen LogP contribution in [0.1, 0.15) is 18.1 Å². The van der Waals surface area contributed by atoms with E-state index in [1.54, 1.807) is 24.2 Å². The Kier molecular flexibility index (Phi) is 4.90. The lowest BCUT2D eigenvalue weighted by atomic mass is 10.2. The van der Waals surface area contributed by atoms with Crippen molar-refractivity contribution in [3.63, 3.8) is 0 Å². The molecule has 0 unspecified atom stereocenters. The first kappa shape index (κ1) is 13.8. The molecule has 0 bridgehead atoms. The highest BCUT2D eigenvalue weighted by molar-refractivity contribution is 5.77. The molecule has 2 heteroatoms. The summed E-state index contributed by atoms with van der Waals surface area (Å²) in [5.74, 6) is -0.0237. The Bertz CT molecular complexity index is 550. The smallest absolute Gasteiger partial charge is 0.227 e. The van der Waals surface area contributed by atoms with Gasteiger partial charge < -0.3 is 0 Å². The van der Waals surface area contributed by atoms with Crippen molar-refractivity contribution in [3.8, 4) is 0 Å². The van der Waals surface area contributed by atoms with Gasteiger partial charge in [-0.15, -0.1) is 0 Å². The predicted octanol–water partition coefficient (Wildman–Crippen LogP) is 4.18. The van der Waals surface area contributed by atoms with E-state index >= 15 is 0 Å². The largest absolute Gasteiger partial charge is 0.295 e. The maximum atomic E-state index is 11.6. The summed E-state index contributed by atoms with van der Waals surface area (Å²) in [6.07, 6.45) is 7.38. The van der Waals surface area contributed by atoms with Crippen molar-refractivity contribution in [2.45, 2.75) is 6.92 Å². The van der Waals surface area contributed by atoms with E-state index in [0.717, 1.165) is 11.1 Å². The summed E-state index contributed by atoms with van der Waals surface area (Å²) in [4.78, 5) is 13.2. The van der Waals surface area contributed by atoms with Crippen molar-refractivity contribution in [1.29, 1.82) is 0 Å². The molecule has 0 radical (unpaired) electrons. The number of hydrogen-bond donors (Lipinski definition) is 0. The lowest BCUT2D eigenvalue weighted by molar-refractivity contribution is -0.124. The van der Waals surface area contributed by atoms with Crippen LogP contribution in [0.3, 0.4) is 0 Å². The van der Waals surface area contributed by atoms with Crippen molar-refractivity contribution in [1.82, 2.24) is 4.90 Å². The second-order valence-corrected chi connectivity index (χ2v) is 4.38. The van der Waals surface area contributed by atoms with Crippen LogP contribution in [0.4, 0.5) is 0 Å². The summed E-state index contributed by atoms with van der Waals surface area (Å²) in [6.45, 7) is 1.55. The number of benzene rings is 2. The average molecular weight is 263 g/mol. The first-order valence-corrected chi connectivity index (χ1v) is 6.51. The molecule has 1 amide bonds. The molecule has 2 nitrogen and oxygen atoms in total. The van der Waals surface area contributed by atoms with Crippen molar-refractivity contribution < 1.29 is 4.79 Å². The van der Waals surface area contributed by atoms with Gasteiger partial charge >= 0.3 is 0 Å². The number of rotatable bonds is 4. The van der Waals surface area contributed by atoms with Crippen LogP contribution in [-0.2, 0) is 4.79 Å². The SMILES string of the molecule is CC(=O)N(/C=C/c1ccccc1)/C=C/c1ccccc1. The molecule has 0 saturated heterocycles. The van der Waals surface area contributed by atoms with Gasteiger partial charge in [-0.3, -0.25) is 9.69 Å². The topological polar surface area (TPSA) is 20.3 Å². The van der Waals surface area contributed by atoms with E-state index < -0.39 is 0 Å². The van der Waals surface area contributed by atoms with Crippen LogP contribution in [0.15, 0.2) is 73.1 Å². The molecule has 100 valence electrons. The van der Waals surface area contributed by atoms with E-state index in [9.17, 15) is 4.79 Å². The van der Waals surface area contributed by atoms with E-state index in [1.807, 2.05) is 72.8 Å². The van der Waals surface area contributed by atoms with Crippen LogP contribution >= 0.6 is 0 Å². The number of carbonyl (C=O) groups is 1.